The van der Waals surface area contributed by atoms with Crippen LogP contribution in [-0.2, 0) is 19.6 Å². The number of oxazole rings is 1. The normalized spacial score (nSPS) is 11.3. The molecular formula is C25H18ClF2N5O2. The molecule has 0 aliphatic rings. The van der Waals surface area contributed by atoms with E-state index >= 15 is 0 Å². The topological polar surface area (TPSA) is 107 Å². The molecule has 0 aliphatic heterocycles. The van der Waals surface area contributed by atoms with Gasteiger partial charge in [-0.15, -0.1) is 0 Å². The van der Waals surface area contributed by atoms with Gasteiger partial charge in [0.25, 0.3) is 5.91 Å². The van der Waals surface area contributed by atoms with Crippen LogP contribution in [0.2, 0.25) is 5.02 Å². The Kier molecular flexibility index (Phi) is 6.00. The van der Waals surface area contributed by atoms with Crippen molar-refractivity contribution in [2.75, 3.05) is 5.73 Å². The first-order valence-electron chi connectivity index (χ1n) is 10.6. The number of rotatable bonds is 6. The number of nitrogens with two attached hydrogens (primary N) is 1. The van der Waals surface area contributed by atoms with Gasteiger partial charge in [0.1, 0.15) is 29.5 Å². The first-order chi connectivity index (χ1) is 16.9. The Morgan fingerprint density at radius 3 is 2.74 bits per heavy atom. The molecule has 10 heteroatoms. The molecule has 5 rings (SSSR count). The van der Waals surface area contributed by atoms with E-state index in [4.69, 9.17) is 21.8 Å². The molecule has 35 heavy (non-hydrogen) atoms. The zero-order valence-electron chi connectivity index (χ0n) is 18.2. The van der Waals surface area contributed by atoms with Gasteiger partial charge in [0.15, 0.2) is 5.89 Å². The van der Waals surface area contributed by atoms with E-state index in [0.717, 1.165) is 16.3 Å². The van der Waals surface area contributed by atoms with Crippen LogP contribution in [0.25, 0.3) is 21.7 Å². The van der Waals surface area contributed by atoms with Gasteiger partial charge >= 0.3 is 0 Å². The van der Waals surface area contributed by atoms with Crippen molar-refractivity contribution in [3.8, 4) is 0 Å². The van der Waals surface area contributed by atoms with Gasteiger partial charge in [-0.3, -0.25) is 9.78 Å². The van der Waals surface area contributed by atoms with Gasteiger partial charge < -0.3 is 15.5 Å². The predicted octanol–water partition coefficient (Wildman–Crippen LogP) is 5.14. The number of alkyl halides is 1. The number of nitrogens with zero attached hydrogens (tertiary/aromatic N) is 3. The monoisotopic (exact) mass is 493 g/mol. The summed E-state index contributed by atoms with van der Waals surface area (Å²) in [5.74, 6) is -0.845. The van der Waals surface area contributed by atoms with Gasteiger partial charge in [0.05, 0.1) is 5.02 Å². The van der Waals surface area contributed by atoms with Crippen molar-refractivity contribution in [2.24, 2.45) is 0 Å². The molecule has 0 atom stereocenters. The molecule has 0 radical (unpaired) electrons. The summed E-state index contributed by atoms with van der Waals surface area (Å²) in [6.07, 6.45) is 3.03. The first kappa shape index (κ1) is 22.7. The fraction of sp³-hybridized carbons (Fsp3) is 0.120. The molecule has 2 aromatic carbocycles. The maximum Gasteiger partial charge on any atom is 0.289 e. The lowest BCUT2D eigenvalue weighted by Crippen LogP contribution is -2.23. The number of nitrogens with one attached hydrogen (secondary N) is 1. The quantitative estimate of drug-likeness (QED) is 0.339. The molecular weight excluding hydrogens is 476 g/mol. The van der Waals surface area contributed by atoms with Crippen LogP contribution in [0.1, 0.15) is 33.3 Å². The predicted molar refractivity (Wildman–Crippen MR) is 128 cm³/mol. The second-order valence-corrected chi connectivity index (χ2v) is 8.37. The number of nitrogen functional groups attached to an aromatic ring is 1. The highest BCUT2D eigenvalue weighted by Crippen LogP contribution is 2.24. The van der Waals surface area contributed by atoms with E-state index < -0.39 is 18.4 Å². The maximum atomic E-state index is 14.5. The molecule has 0 saturated carbocycles. The summed E-state index contributed by atoms with van der Waals surface area (Å²) in [5.41, 5.74) is 7.26. The number of aromatic nitrogens is 3. The summed E-state index contributed by atoms with van der Waals surface area (Å²) in [7, 11) is 0. The minimum atomic E-state index is -0.986. The third-order valence-corrected chi connectivity index (χ3v) is 5.71. The molecule has 0 fully saturated rings. The van der Waals surface area contributed by atoms with Crippen LogP contribution in [0, 0.1) is 5.82 Å². The smallest absolute Gasteiger partial charge is 0.289 e. The van der Waals surface area contributed by atoms with Gasteiger partial charge in [-0.25, -0.2) is 18.7 Å². The van der Waals surface area contributed by atoms with Crippen LogP contribution >= 0.6 is 11.6 Å². The van der Waals surface area contributed by atoms with Gasteiger partial charge in [-0.05, 0) is 46.8 Å². The fourth-order valence-electron chi connectivity index (χ4n) is 3.88. The summed E-state index contributed by atoms with van der Waals surface area (Å²) in [4.78, 5) is 24.9. The number of halogens is 3. The lowest BCUT2D eigenvalue weighted by Gasteiger charge is -2.07. The highest BCUT2D eigenvalue weighted by Gasteiger charge is 2.21. The lowest BCUT2D eigenvalue weighted by molar-refractivity contribution is 0.0919. The average Bonchev–Trinajstić information content (AvgIpc) is 3.25. The second-order valence-electron chi connectivity index (χ2n) is 7.93. The van der Waals surface area contributed by atoms with Crippen LogP contribution in [0.3, 0.4) is 0 Å². The Balaban J connectivity index is 1.34. The third-order valence-electron chi connectivity index (χ3n) is 5.51. The number of hydrogen-bond acceptors (Lipinski definition) is 6. The zero-order valence-corrected chi connectivity index (χ0v) is 18.9. The summed E-state index contributed by atoms with van der Waals surface area (Å²) in [6, 6.07) is 11.9. The largest absolute Gasteiger partial charge is 0.435 e. The van der Waals surface area contributed by atoms with Crippen molar-refractivity contribution in [3.05, 3.63) is 94.2 Å². The maximum absolute atomic E-state index is 14.5. The number of anilines is 1. The van der Waals surface area contributed by atoms with Gasteiger partial charge in [-0.2, -0.15) is 0 Å². The van der Waals surface area contributed by atoms with Gasteiger partial charge in [0.2, 0.25) is 5.76 Å². The third kappa shape index (κ3) is 4.63. The second kappa shape index (κ2) is 9.27. The van der Waals surface area contributed by atoms with E-state index in [0.29, 0.717) is 21.8 Å². The van der Waals surface area contributed by atoms with Crippen LogP contribution in [-0.4, -0.2) is 20.9 Å². The van der Waals surface area contributed by atoms with Crippen molar-refractivity contribution >= 4 is 45.0 Å². The number of pyridine rings is 2. The van der Waals surface area contributed by atoms with Crippen molar-refractivity contribution in [1.29, 1.82) is 0 Å². The SMILES string of the molecule is Nc1nccc2cc(CNC(=O)c3oc(Cc4cc(F)c5ncc(Cl)cc5c4)nc3CF)ccc12. The number of carbonyl (C=O) groups is 1. The van der Waals surface area contributed by atoms with E-state index in [1.54, 1.807) is 18.3 Å². The number of fused-ring (bicyclic) bond motifs is 2. The van der Waals surface area contributed by atoms with E-state index in [9.17, 15) is 13.6 Å². The average molecular weight is 494 g/mol. The fourth-order valence-corrected chi connectivity index (χ4v) is 4.05. The molecule has 1 amide bonds. The lowest BCUT2D eigenvalue weighted by atomic mass is 10.1. The summed E-state index contributed by atoms with van der Waals surface area (Å²) in [6.45, 7) is -0.803. The highest BCUT2D eigenvalue weighted by molar-refractivity contribution is 6.31. The van der Waals surface area contributed by atoms with Crippen molar-refractivity contribution in [1.82, 2.24) is 20.3 Å². The molecule has 5 aromatic rings. The Labute approximate surface area is 203 Å². The van der Waals surface area contributed by atoms with E-state index in [1.807, 2.05) is 24.3 Å². The zero-order chi connectivity index (χ0) is 24.5. The van der Waals surface area contributed by atoms with E-state index in [2.05, 4.69) is 20.3 Å². The molecule has 3 aromatic heterocycles. The highest BCUT2D eigenvalue weighted by atomic mass is 35.5. The molecule has 7 nitrogen and oxygen atoms in total. The standard InChI is InChI=1S/C25H18ClF2N5O2/c26-17-9-16-6-14(7-19(28)22(16)31-12-17)8-21-33-20(10-27)23(35-21)25(34)32-11-13-1-2-18-15(5-13)3-4-30-24(18)29/h1-7,9,12H,8,10-11H2,(H2,29,30)(H,32,34). The molecule has 3 heterocycles. The molecule has 3 N–H and O–H groups in total. The Morgan fingerprint density at radius 2 is 1.91 bits per heavy atom. The summed E-state index contributed by atoms with van der Waals surface area (Å²) >= 11 is 5.96. The summed E-state index contributed by atoms with van der Waals surface area (Å²) < 4.78 is 33.6. The van der Waals surface area contributed by atoms with Gasteiger partial charge in [-0.1, -0.05) is 23.7 Å². The van der Waals surface area contributed by atoms with Crippen LogP contribution in [0.5, 0.6) is 0 Å². The van der Waals surface area contributed by atoms with E-state index in [1.165, 1.54) is 12.3 Å². The molecule has 0 unspecified atom stereocenters. The summed E-state index contributed by atoms with van der Waals surface area (Å²) in [5, 5.41) is 5.29. The van der Waals surface area contributed by atoms with Crippen LogP contribution < -0.4 is 11.1 Å². The van der Waals surface area contributed by atoms with Crippen molar-refractivity contribution < 1.29 is 18.0 Å². The minimum Gasteiger partial charge on any atom is -0.435 e. The molecule has 0 aliphatic carbocycles. The number of carbonyl (C=O) groups excluding carboxylic acids is 1. The van der Waals surface area contributed by atoms with Crippen molar-refractivity contribution in [2.45, 2.75) is 19.6 Å². The Hall–Kier alpha value is -4.11. The van der Waals surface area contributed by atoms with E-state index in [-0.39, 0.29) is 35.8 Å². The van der Waals surface area contributed by atoms with Crippen LogP contribution in [0.15, 0.2) is 59.3 Å². The number of hydrogen-bond donors (Lipinski definition) is 2. The number of amides is 1. The van der Waals surface area contributed by atoms with Gasteiger partial charge in [0, 0.05) is 36.1 Å². The number of benzene rings is 2. The van der Waals surface area contributed by atoms with Crippen molar-refractivity contribution in [3.63, 3.8) is 0 Å². The molecule has 176 valence electrons. The Bertz CT molecular complexity index is 1590. The van der Waals surface area contributed by atoms with Crippen LogP contribution in [0.4, 0.5) is 14.6 Å². The first-order valence-corrected chi connectivity index (χ1v) is 11.0. The molecule has 0 bridgehead atoms. The minimum absolute atomic E-state index is 0.0553. The molecule has 0 saturated heterocycles. The Morgan fingerprint density at radius 1 is 1.09 bits per heavy atom. The molecule has 0 spiro atoms.